The molecule has 0 atom stereocenters. The zero-order valence-electron chi connectivity index (χ0n) is 11.3. The Bertz CT molecular complexity index is 817. The van der Waals surface area contributed by atoms with E-state index in [2.05, 4.69) is 31.1 Å². The molecule has 0 fully saturated rings. The van der Waals surface area contributed by atoms with Gasteiger partial charge < -0.3 is 5.11 Å². The first-order valence-electron chi connectivity index (χ1n) is 6.46. The van der Waals surface area contributed by atoms with Crippen LogP contribution in [0.1, 0.15) is 21.9 Å². The fourth-order valence-electron chi connectivity index (χ4n) is 2.10. The lowest BCUT2D eigenvalue weighted by atomic mass is 10.1. The smallest absolute Gasteiger partial charge is 0.213 e. The van der Waals surface area contributed by atoms with Crippen molar-refractivity contribution >= 4 is 21.7 Å². The highest BCUT2D eigenvalue weighted by atomic mass is 79.9. The van der Waals surface area contributed by atoms with Crippen LogP contribution in [0, 0.1) is 0 Å². The summed E-state index contributed by atoms with van der Waals surface area (Å²) in [7, 11) is 0. The molecular formula is C15H11BrN4O2. The summed E-state index contributed by atoms with van der Waals surface area (Å²) in [5.41, 5.74) is 1.39. The zero-order chi connectivity index (χ0) is 15.5. The van der Waals surface area contributed by atoms with Crippen LogP contribution in [0.5, 0.6) is 0 Å². The SMILES string of the molecule is O=C(c1ccccn1)c1cc(Br)ccc1-n1cnnc1CO. The lowest BCUT2D eigenvalue weighted by Gasteiger charge is -2.11. The minimum absolute atomic E-state index is 0.213. The summed E-state index contributed by atoms with van der Waals surface area (Å²) in [6, 6.07) is 10.5. The van der Waals surface area contributed by atoms with Gasteiger partial charge in [0.15, 0.2) is 5.82 Å². The Balaban J connectivity index is 2.15. The van der Waals surface area contributed by atoms with Gasteiger partial charge in [-0.25, -0.2) is 0 Å². The Kier molecular flexibility index (Phi) is 4.08. The molecule has 0 aliphatic heterocycles. The summed E-state index contributed by atoms with van der Waals surface area (Å²) in [6.07, 6.45) is 3.03. The number of nitrogens with zero attached hydrogens (tertiary/aromatic N) is 4. The number of aliphatic hydroxyl groups excluding tert-OH is 1. The molecule has 0 aliphatic carbocycles. The Morgan fingerprint density at radius 3 is 2.86 bits per heavy atom. The normalized spacial score (nSPS) is 10.6. The summed E-state index contributed by atoms with van der Waals surface area (Å²) >= 11 is 3.37. The highest BCUT2D eigenvalue weighted by molar-refractivity contribution is 9.10. The minimum Gasteiger partial charge on any atom is -0.388 e. The van der Waals surface area contributed by atoms with Gasteiger partial charge >= 0.3 is 0 Å². The van der Waals surface area contributed by atoms with Crippen LogP contribution in [0.3, 0.4) is 0 Å². The number of carbonyl (C=O) groups is 1. The van der Waals surface area contributed by atoms with Crippen molar-refractivity contribution in [2.24, 2.45) is 0 Å². The number of carbonyl (C=O) groups excluding carboxylic acids is 1. The molecule has 0 saturated carbocycles. The first kappa shape index (κ1) is 14.6. The predicted octanol–water partition coefficient (Wildman–Crippen LogP) is 2.15. The molecule has 0 amide bonds. The Labute approximate surface area is 134 Å². The van der Waals surface area contributed by atoms with Crippen LogP contribution in [0.15, 0.2) is 53.4 Å². The van der Waals surface area contributed by atoms with E-state index in [4.69, 9.17) is 0 Å². The summed E-state index contributed by atoms with van der Waals surface area (Å²) in [4.78, 5) is 16.8. The number of aromatic nitrogens is 4. The minimum atomic E-state index is -0.271. The predicted molar refractivity (Wildman–Crippen MR) is 82.7 cm³/mol. The standard InChI is InChI=1S/C15H11BrN4O2/c16-10-4-5-13(20-9-18-19-14(20)8-21)11(7-10)15(22)12-3-1-2-6-17-12/h1-7,9,21H,8H2. The number of aliphatic hydroxyl groups is 1. The summed E-state index contributed by atoms with van der Waals surface area (Å²) < 4.78 is 2.36. The molecule has 0 unspecified atom stereocenters. The van der Waals surface area contributed by atoms with Crippen LogP contribution in [0.2, 0.25) is 0 Å². The van der Waals surface area contributed by atoms with Crippen molar-refractivity contribution in [3.05, 3.63) is 70.5 Å². The van der Waals surface area contributed by atoms with E-state index in [9.17, 15) is 9.90 Å². The van der Waals surface area contributed by atoms with E-state index >= 15 is 0 Å². The van der Waals surface area contributed by atoms with Crippen molar-refractivity contribution in [2.45, 2.75) is 6.61 Å². The van der Waals surface area contributed by atoms with Gasteiger partial charge in [-0.15, -0.1) is 10.2 Å². The van der Waals surface area contributed by atoms with Crippen molar-refractivity contribution in [1.29, 1.82) is 0 Å². The lowest BCUT2D eigenvalue weighted by molar-refractivity contribution is 0.103. The van der Waals surface area contributed by atoms with Gasteiger partial charge in [0.05, 0.1) is 5.69 Å². The maximum Gasteiger partial charge on any atom is 0.213 e. The molecule has 0 radical (unpaired) electrons. The Hall–Kier alpha value is -2.38. The van der Waals surface area contributed by atoms with E-state index in [0.717, 1.165) is 4.47 Å². The summed E-state index contributed by atoms with van der Waals surface area (Å²) in [5.74, 6) is 0.145. The van der Waals surface area contributed by atoms with E-state index in [1.807, 2.05) is 6.07 Å². The van der Waals surface area contributed by atoms with Crippen LogP contribution in [-0.2, 0) is 6.61 Å². The number of hydrogen-bond acceptors (Lipinski definition) is 5. The quantitative estimate of drug-likeness (QED) is 0.722. The molecule has 2 aromatic heterocycles. The first-order valence-corrected chi connectivity index (χ1v) is 7.25. The van der Waals surface area contributed by atoms with Crippen LogP contribution in [0.25, 0.3) is 5.69 Å². The third kappa shape index (κ3) is 2.68. The summed E-state index contributed by atoms with van der Waals surface area (Å²) in [6.45, 7) is -0.271. The Morgan fingerprint density at radius 1 is 1.27 bits per heavy atom. The second-order valence-electron chi connectivity index (χ2n) is 4.48. The van der Waals surface area contributed by atoms with Crippen molar-refractivity contribution in [3.63, 3.8) is 0 Å². The van der Waals surface area contributed by atoms with Crippen LogP contribution in [0.4, 0.5) is 0 Å². The molecule has 1 aromatic carbocycles. The van der Waals surface area contributed by atoms with E-state index < -0.39 is 0 Å². The lowest BCUT2D eigenvalue weighted by Crippen LogP contribution is -2.10. The van der Waals surface area contributed by atoms with Gasteiger partial charge in [-0.05, 0) is 30.3 Å². The van der Waals surface area contributed by atoms with Crippen molar-refractivity contribution < 1.29 is 9.90 Å². The van der Waals surface area contributed by atoms with E-state index in [1.165, 1.54) is 6.33 Å². The van der Waals surface area contributed by atoms with Gasteiger partial charge in [-0.1, -0.05) is 22.0 Å². The molecule has 110 valence electrons. The average molecular weight is 359 g/mol. The fraction of sp³-hybridized carbons (Fsp3) is 0.0667. The molecule has 3 aromatic rings. The number of halogens is 1. The summed E-state index contributed by atoms with van der Waals surface area (Å²) in [5, 5.41) is 17.0. The first-order chi connectivity index (χ1) is 10.7. The van der Waals surface area contributed by atoms with Crippen molar-refractivity contribution in [1.82, 2.24) is 19.7 Å². The molecule has 0 spiro atoms. The number of pyridine rings is 1. The highest BCUT2D eigenvalue weighted by Gasteiger charge is 2.18. The van der Waals surface area contributed by atoms with Gasteiger partial charge in [-0.3, -0.25) is 14.3 Å². The van der Waals surface area contributed by atoms with Gasteiger partial charge in [0.1, 0.15) is 18.6 Å². The zero-order valence-corrected chi connectivity index (χ0v) is 12.9. The third-order valence-corrected chi connectivity index (χ3v) is 3.61. The topological polar surface area (TPSA) is 80.9 Å². The second-order valence-corrected chi connectivity index (χ2v) is 5.40. The van der Waals surface area contributed by atoms with Crippen molar-refractivity contribution in [3.8, 4) is 5.69 Å². The number of hydrogen-bond donors (Lipinski definition) is 1. The van der Waals surface area contributed by atoms with Gasteiger partial charge in [0.25, 0.3) is 0 Å². The maximum atomic E-state index is 12.7. The molecule has 22 heavy (non-hydrogen) atoms. The van der Waals surface area contributed by atoms with E-state index in [0.29, 0.717) is 22.8 Å². The highest BCUT2D eigenvalue weighted by Crippen LogP contribution is 2.23. The van der Waals surface area contributed by atoms with Gasteiger partial charge in [0, 0.05) is 16.2 Å². The largest absolute Gasteiger partial charge is 0.388 e. The molecule has 7 heteroatoms. The molecule has 6 nitrogen and oxygen atoms in total. The molecule has 0 aliphatic rings. The molecule has 1 N–H and O–H groups in total. The number of rotatable bonds is 4. The fourth-order valence-corrected chi connectivity index (χ4v) is 2.46. The van der Waals surface area contributed by atoms with Crippen LogP contribution >= 0.6 is 15.9 Å². The Morgan fingerprint density at radius 2 is 2.14 bits per heavy atom. The maximum absolute atomic E-state index is 12.7. The molecule has 0 bridgehead atoms. The molecular weight excluding hydrogens is 348 g/mol. The number of ketones is 1. The second kappa shape index (κ2) is 6.17. The number of benzene rings is 1. The van der Waals surface area contributed by atoms with Gasteiger partial charge in [-0.2, -0.15) is 0 Å². The monoisotopic (exact) mass is 358 g/mol. The molecule has 2 heterocycles. The molecule has 0 saturated heterocycles. The van der Waals surface area contributed by atoms with E-state index in [1.54, 1.807) is 41.1 Å². The van der Waals surface area contributed by atoms with Crippen LogP contribution in [-0.4, -0.2) is 30.6 Å². The molecule has 3 rings (SSSR count). The van der Waals surface area contributed by atoms with Crippen LogP contribution < -0.4 is 0 Å². The van der Waals surface area contributed by atoms with Gasteiger partial charge in [0.2, 0.25) is 5.78 Å². The van der Waals surface area contributed by atoms with E-state index in [-0.39, 0.29) is 12.4 Å². The van der Waals surface area contributed by atoms with Crippen molar-refractivity contribution in [2.75, 3.05) is 0 Å². The third-order valence-electron chi connectivity index (χ3n) is 3.12. The average Bonchev–Trinajstić information content (AvgIpc) is 3.03.